The van der Waals surface area contributed by atoms with Crippen LogP contribution in [-0.4, -0.2) is 10.7 Å². The molecule has 0 saturated heterocycles. The van der Waals surface area contributed by atoms with Gasteiger partial charge in [-0.25, -0.2) is 4.98 Å². The Morgan fingerprint density at radius 3 is 2.41 bits per heavy atom. The molecule has 0 fully saturated rings. The highest BCUT2D eigenvalue weighted by Crippen LogP contribution is 2.31. The maximum Gasteiger partial charge on any atom is 0.255 e. The van der Waals surface area contributed by atoms with Crippen LogP contribution in [0.4, 0.5) is 0 Å². The lowest BCUT2D eigenvalue weighted by atomic mass is 9.85. The number of oxazole rings is 1. The van der Waals surface area contributed by atoms with Crippen molar-refractivity contribution >= 4 is 11.8 Å². The molecule has 1 aromatic heterocycles. The first-order valence-electron chi connectivity index (χ1n) is 6.33. The van der Waals surface area contributed by atoms with Crippen molar-refractivity contribution in [2.75, 3.05) is 5.75 Å². The third-order valence-electron chi connectivity index (χ3n) is 2.68. The van der Waals surface area contributed by atoms with Gasteiger partial charge in [-0.3, -0.25) is 0 Å². The summed E-state index contributed by atoms with van der Waals surface area (Å²) in [5, 5.41) is 0.805. The lowest BCUT2D eigenvalue weighted by molar-refractivity contribution is 0.441. The topological polar surface area (TPSA) is 26.0 Å². The molecular formula is C14H25NOS. The van der Waals surface area contributed by atoms with Gasteiger partial charge in [0.25, 0.3) is 5.22 Å². The van der Waals surface area contributed by atoms with Gasteiger partial charge in [0.15, 0.2) is 0 Å². The molecule has 1 heterocycles. The molecule has 0 amide bonds. The Morgan fingerprint density at radius 2 is 1.88 bits per heavy atom. The van der Waals surface area contributed by atoms with Crippen LogP contribution in [0.1, 0.15) is 60.1 Å². The third-order valence-corrected chi connectivity index (χ3v) is 4.12. The highest BCUT2D eigenvalue weighted by Gasteiger charge is 2.24. The van der Waals surface area contributed by atoms with Crippen molar-refractivity contribution in [1.29, 1.82) is 0 Å². The van der Waals surface area contributed by atoms with Crippen LogP contribution in [0.2, 0.25) is 0 Å². The molecule has 0 unspecified atom stereocenters. The fourth-order valence-corrected chi connectivity index (χ4v) is 2.50. The molecule has 0 saturated carbocycles. The minimum atomic E-state index is 0.124. The second-order valence-electron chi connectivity index (χ2n) is 6.48. The van der Waals surface area contributed by atoms with Crippen molar-refractivity contribution in [3.8, 4) is 0 Å². The molecule has 17 heavy (non-hydrogen) atoms. The Labute approximate surface area is 110 Å². The molecule has 0 aliphatic carbocycles. The second-order valence-corrected chi connectivity index (χ2v) is 7.41. The molecule has 0 N–H and O–H groups in total. The Balaban J connectivity index is 2.65. The minimum absolute atomic E-state index is 0.124. The Kier molecular flexibility index (Phi) is 4.70. The van der Waals surface area contributed by atoms with E-state index in [-0.39, 0.29) is 5.41 Å². The lowest BCUT2D eigenvalue weighted by Gasteiger charge is -2.20. The van der Waals surface area contributed by atoms with E-state index in [0.29, 0.717) is 5.41 Å². The van der Waals surface area contributed by atoms with Crippen LogP contribution in [0.15, 0.2) is 15.9 Å². The standard InChI is InChI=1S/C14H25NOS/c1-7-8-14(5,6)11-9-16-12(15-11)17-10-13(2,3)4/h9H,7-8,10H2,1-6H3. The Hall–Kier alpha value is -0.440. The van der Waals surface area contributed by atoms with Crippen molar-refractivity contribution in [1.82, 2.24) is 4.98 Å². The van der Waals surface area contributed by atoms with E-state index in [1.54, 1.807) is 11.8 Å². The molecule has 0 aliphatic heterocycles. The van der Waals surface area contributed by atoms with E-state index in [1.807, 2.05) is 6.26 Å². The number of nitrogens with zero attached hydrogens (tertiary/aromatic N) is 1. The van der Waals surface area contributed by atoms with Gasteiger partial charge in [-0.2, -0.15) is 0 Å². The summed E-state index contributed by atoms with van der Waals surface area (Å²) in [6, 6.07) is 0. The van der Waals surface area contributed by atoms with Gasteiger partial charge in [0, 0.05) is 11.2 Å². The van der Waals surface area contributed by atoms with E-state index in [2.05, 4.69) is 46.5 Å². The maximum absolute atomic E-state index is 5.54. The molecule has 0 spiro atoms. The van der Waals surface area contributed by atoms with Crippen LogP contribution in [0, 0.1) is 5.41 Å². The van der Waals surface area contributed by atoms with Crippen LogP contribution >= 0.6 is 11.8 Å². The van der Waals surface area contributed by atoms with E-state index in [9.17, 15) is 0 Å². The number of hydrogen-bond donors (Lipinski definition) is 0. The van der Waals surface area contributed by atoms with Gasteiger partial charge in [0.2, 0.25) is 0 Å². The number of hydrogen-bond acceptors (Lipinski definition) is 3. The number of thioether (sulfide) groups is 1. The molecule has 1 rings (SSSR count). The summed E-state index contributed by atoms with van der Waals surface area (Å²) in [5.41, 5.74) is 1.51. The van der Waals surface area contributed by atoms with E-state index in [0.717, 1.165) is 23.1 Å². The lowest BCUT2D eigenvalue weighted by Crippen LogP contribution is -2.17. The average molecular weight is 255 g/mol. The van der Waals surface area contributed by atoms with E-state index >= 15 is 0 Å². The van der Waals surface area contributed by atoms with Gasteiger partial charge >= 0.3 is 0 Å². The quantitative estimate of drug-likeness (QED) is 0.701. The number of aromatic nitrogens is 1. The zero-order valence-corrected chi connectivity index (χ0v) is 12.8. The average Bonchev–Trinajstić information content (AvgIpc) is 2.62. The largest absolute Gasteiger partial charge is 0.440 e. The van der Waals surface area contributed by atoms with Crippen molar-refractivity contribution < 1.29 is 4.42 Å². The molecular weight excluding hydrogens is 230 g/mol. The first-order valence-corrected chi connectivity index (χ1v) is 7.32. The first-order chi connectivity index (χ1) is 7.74. The van der Waals surface area contributed by atoms with Gasteiger partial charge in [-0.1, -0.05) is 59.7 Å². The Bertz CT molecular complexity index is 349. The third kappa shape index (κ3) is 4.74. The maximum atomic E-state index is 5.54. The molecule has 0 aromatic carbocycles. The summed E-state index contributed by atoms with van der Waals surface area (Å²) in [5.74, 6) is 1.03. The summed E-state index contributed by atoms with van der Waals surface area (Å²) in [6.45, 7) is 13.3. The normalized spacial score (nSPS) is 13.1. The Morgan fingerprint density at radius 1 is 1.24 bits per heavy atom. The molecule has 0 aliphatic rings. The summed E-state index contributed by atoms with van der Waals surface area (Å²) < 4.78 is 5.54. The van der Waals surface area contributed by atoms with E-state index < -0.39 is 0 Å². The van der Waals surface area contributed by atoms with Crippen LogP contribution < -0.4 is 0 Å². The summed E-state index contributed by atoms with van der Waals surface area (Å²) in [7, 11) is 0. The van der Waals surface area contributed by atoms with Crippen molar-refractivity contribution in [3.63, 3.8) is 0 Å². The van der Waals surface area contributed by atoms with Crippen molar-refractivity contribution in [2.24, 2.45) is 5.41 Å². The van der Waals surface area contributed by atoms with Crippen molar-refractivity contribution in [2.45, 2.75) is 65.0 Å². The predicted octanol–water partition coefficient (Wildman–Crippen LogP) is 4.89. The zero-order valence-electron chi connectivity index (χ0n) is 12.0. The predicted molar refractivity (Wildman–Crippen MR) is 74.6 cm³/mol. The fourth-order valence-electron chi connectivity index (χ4n) is 1.67. The molecule has 1 aromatic rings. The minimum Gasteiger partial charge on any atom is -0.440 e. The highest BCUT2D eigenvalue weighted by molar-refractivity contribution is 7.99. The van der Waals surface area contributed by atoms with Crippen LogP contribution in [0.3, 0.4) is 0 Å². The van der Waals surface area contributed by atoms with Gasteiger partial charge in [0.1, 0.15) is 6.26 Å². The van der Waals surface area contributed by atoms with Gasteiger partial charge in [-0.05, 0) is 11.8 Å². The van der Waals surface area contributed by atoms with Crippen LogP contribution in [-0.2, 0) is 5.41 Å². The molecule has 0 bridgehead atoms. The fraction of sp³-hybridized carbons (Fsp3) is 0.786. The molecule has 0 radical (unpaired) electrons. The first kappa shape index (κ1) is 14.6. The molecule has 3 heteroatoms. The van der Waals surface area contributed by atoms with Crippen molar-refractivity contribution in [3.05, 3.63) is 12.0 Å². The SMILES string of the molecule is CCCC(C)(C)c1coc(SCC(C)(C)C)n1. The summed E-state index contributed by atoms with van der Waals surface area (Å²) in [4.78, 5) is 4.60. The van der Waals surface area contributed by atoms with Gasteiger partial charge < -0.3 is 4.42 Å². The molecule has 2 nitrogen and oxygen atoms in total. The number of rotatable bonds is 5. The van der Waals surface area contributed by atoms with Crippen LogP contribution in [0.25, 0.3) is 0 Å². The highest BCUT2D eigenvalue weighted by atomic mass is 32.2. The van der Waals surface area contributed by atoms with Crippen LogP contribution in [0.5, 0.6) is 0 Å². The van der Waals surface area contributed by atoms with Gasteiger partial charge in [-0.15, -0.1) is 0 Å². The molecule has 0 atom stereocenters. The monoisotopic (exact) mass is 255 g/mol. The molecule has 98 valence electrons. The second kappa shape index (κ2) is 5.47. The summed E-state index contributed by atoms with van der Waals surface area (Å²) >= 11 is 1.70. The van der Waals surface area contributed by atoms with E-state index in [1.165, 1.54) is 6.42 Å². The summed E-state index contributed by atoms with van der Waals surface area (Å²) in [6.07, 6.45) is 4.13. The van der Waals surface area contributed by atoms with E-state index in [4.69, 9.17) is 4.42 Å². The van der Waals surface area contributed by atoms with Gasteiger partial charge in [0.05, 0.1) is 5.69 Å². The zero-order chi connectivity index (χ0) is 13.1. The smallest absolute Gasteiger partial charge is 0.255 e.